The number of carbonyl (C=O) groups excluding carboxylic acids is 2. The van der Waals surface area contributed by atoms with Gasteiger partial charge in [0.1, 0.15) is 18.3 Å². The molecule has 0 aromatic heterocycles. The van der Waals surface area contributed by atoms with Crippen LogP contribution >= 0.6 is 15.9 Å². The van der Waals surface area contributed by atoms with Crippen LogP contribution in [-0.4, -0.2) is 50.9 Å². The molecule has 40 heavy (non-hydrogen) atoms. The molecule has 1 N–H and O–H groups in total. The zero-order chi connectivity index (χ0) is 29.3. The maximum atomic E-state index is 13.9. The minimum atomic E-state index is -4.12. The van der Waals surface area contributed by atoms with Crippen LogP contribution in [0.3, 0.4) is 0 Å². The van der Waals surface area contributed by atoms with Crippen molar-refractivity contribution in [2.45, 2.75) is 45.2 Å². The van der Waals surface area contributed by atoms with Crippen molar-refractivity contribution in [3.8, 4) is 5.75 Å². The van der Waals surface area contributed by atoms with Gasteiger partial charge in [-0.1, -0.05) is 60.1 Å². The molecule has 2 amide bonds. The molecular weight excluding hydrogens is 594 g/mol. The van der Waals surface area contributed by atoms with Crippen molar-refractivity contribution in [2.24, 2.45) is 5.92 Å². The number of nitrogens with one attached hydrogen (secondary N) is 1. The second kappa shape index (κ2) is 14.3. The summed E-state index contributed by atoms with van der Waals surface area (Å²) in [6.07, 6.45) is 0. The van der Waals surface area contributed by atoms with Gasteiger partial charge in [0.25, 0.3) is 10.0 Å². The molecule has 0 fully saturated rings. The third kappa shape index (κ3) is 8.32. The van der Waals surface area contributed by atoms with Crippen LogP contribution in [0.25, 0.3) is 0 Å². The lowest BCUT2D eigenvalue weighted by atomic mass is 10.1. The second-order valence-corrected chi connectivity index (χ2v) is 12.5. The number of carbonyl (C=O) groups is 2. The van der Waals surface area contributed by atoms with Crippen molar-refractivity contribution in [2.75, 3.05) is 24.0 Å². The SMILES string of the molecule is CCOc1ccc(N(CC(=O)N(Cc2ccc(Br)cc2)[C@H](C)C(=O)NCC(C)C)S(=O)(=O)c2ccccc2)cc1. The first-order valence-electron chi connectivity index (χ1n) is 13.1. The summed E-state index contributed by atoms with van der Waals surface area (Å²) in [6.45, 7) is 8.04. The zero-order valence-electron chi connectivity index (χ0n) is 23.2. The third-order valence-corrected chi connectivity index (χ3v) is 8.48. The summed E-state index contributed by atoms with van der Waals surface area (Å²) in [5.74, 6) is 0.00101. The van der Waals surface area contributed by atoms with Gasteiger partial charge < -0.3 is 15.0 Å². The first-order chi connectivity index (χ1) is 19.0. The molecule has 3 rings (SSSR count). The van der Waals surface area contributed by atoms with Crippen molar-refractivity contribution in [1.29, 1.82) is 0 Å². The predicted molar refractivity (Wildman–Crippen MR) is 161 cm³/mol. The molecule has 0 unspecified atom stereocenters. The molecule has 214 valence electrons. The Labute approximate surface area is 245 Å². The van der Waals surface area contributed by atoms with Gasteiger partial charge in [-0.15, -0.1) is 0 Å². The van der Waals surface area contributed by atoms with E-state index in [-0.39, 0.29) is 23.3 Å². The van der Waals surface area contributed by atoms with E-state index in [0.717, 1.165) is 14.3 Å². The average Bonchev–Trinajstić information content (AvgIpc) is 2.95. The van der Waals surface area contributed by atoms with Gasteiger partial charge in [-0.05, 0) is 73.9 Å². The van der Waals surface area contributed by atoms with Gasteiger partial charge in [-0.2, -0.15) is 0 Å². The Morgan fingerprint density at radius 1 is 0.925 bits per heavy atom. The molecule has 0 heterocycles. The van der Waals surface area contributed by atoms with Gasteiger partial charge >= 0.3 is 0 Å². The molecule has 8 nitrogen and oxygen atoms in total. The highest BCUT2D eigenvalue weighted by molar-refractivity contribution is 9.10. The Morgan fingerprint density at radius 2 is 1.55 bits per heavy atom. The van der Waals surface area contributed by atoms with Crippen LogP contribution in [0, 0.1) is 5.92 Å². The average molecular weight is 631 g/mol. The number of hydrogen-bond donors (Lipinski definition) is 1. The molecule has 0 aliphatic carbocycles. The van der Waals surface area contributed by atoms with Crippen LogP contribution in [0.15, 0.2) is 88.2 Å². The molecule has 0 bridgehead atoms. The lowest BCUT2D eigenvalue weighted by Gasteiger charge is -2.32. The molecule has 3 aromatic rings. The topological polar surface area (TPSA) is 96.0 Å². The van der Waals surface area contributed by atoms with Crippen LogP contribution < -0.4 is 14.4 Å². The smallest absolute Gasteiger partial charge is 0.264 e. The fourth-order valence-corrected chi connectivity index (χ4v) is 5.64. The number of benzene rings is 3. The lowest BCUT2D eigenvalue weighted by molar-refractivity contribution is -0.139. The molecule has 0 saturated carbocycles. The van der Waals surface area contributed by atoms with E-state index in [9.17, 15) is 18.0 Å². The summed E-state index contributed by atoms with van der Waals surface area (Å²) in [5, 5.41) is 2.89. The Hall–Kier alpha value is -3.37. The summed E-state index contributed by atoms with van der Waals surface area (Å²) in [5.41, 5.74) is 1.11. The maximum Gasteiger partial charge on any atom is 0.264 e. The summed E-state index contributed by atoms with van der Waals surface area (Å²) < 4.78 is 35.1. The standard InChI is InChI=1S/C30H36BrN3O5S/c1-5-39-27-17-15-26(16-18-27)34(40(37,38)28-9-7-6-8-10-28)21-29(35)33(20-24-11-13-25(31)14-12-24)23(4)30(36)32-19-22(2)3/h6-18,22-23H,5,19-21H2,1-4H3,(H,32,36)/t23-/m1/s1. The van der Waals surface area contributed by atoms with Crippen molar-refractivity contribution in [1.82, 2.24) is 10.2 Å². The third-order valence-electron chi connectivity index (χ3n) is 6.16. The normalized spacial score (nSPS) is 12.1. The van der Waals surface area contributed by atoms with Gasteiger partial charge in [0.05, 0.1) is 17.2 Å². The number of ether oxygens (including phenoxy) is 1. The quantitative estimate of drug-likeness (QED) is 0.279. The minimum absolute atomic E-state index is 0.0545. The molecule has 0 saturated heterocycles. The van der Waals surface area contributed by atoms with E-state index in [2.05, 4.69) is 21.2 Å². The number of halogens is 1. The van der Waals surface area contributed by atoms with Crippen LogP contribution in [0.4, 0.5) is 5.69 Å². The van der Waals surface area contributed by atoms with E-state index in [1.165, 1.54) is 17.0 Å². The summed E-state index contributed by atoms with van der Waals surface area (Å²) >= 11 is 3.42. The first-order valence-corrected chi connectivity index (χ1v) is 15.4. The van der Waals surface area contributed by atoms with Crippen LogP contribution in [0.1, 0.15) is 33.3 Å². The Bertz CT molecular complexity index is 1360. The monoisotopic (exact) mass is 629 g/mol. The van der Waals surface area contributed by atoms with Gasteiger partial charge in [0, 0.05) is 17.6 Å². The Morgan fingerprint density at radius 3 is 2.12 bits per heavy atom. The molecule has 3 aromatic carbocycles. The number of nitrogens with zero attached hydrogens (tertiary/aromatic N) is 2. The first kappa shape index (κ1) is 31.2. The van der Waals surface area contributed by atoms with E-state index in [1.807, 2.05) is 45.0 Å². The minimum Gasteiger partial charge on any atom is -0.494 e. The van der Waals surface area contributed by atoms with Gasteiger partial charge in [0.2, 0.25) is 11.8 Å². The van der Waals surface area contributed by atoms with Gasteiger partial charge in [0.15, 0.2) is 0 Å². The van der Waals surface area contributed by atoms with Crippen molar-refractivity contribution in [3.05, 3.63) is 88.9 Å². The fraction of sp³-hybridized carbons (Fsp3) is 0.333. The highest BCUT2D eigenvalue weighted by Crippen LogP contribution is 2.26. The predicted octanol–water partition coefficient (Wildman–Crippen LogP) is 5.23. The Kier molecular flexibility index (Phi) is 11.2. The van der Waals surface area contributed by atoms with E-state index in [4.69, 9.17) is 4.74 Å². The summed E-state index contributed by atoms with van der Waals surface area (Å²) in [4.78, 5) is 28.5. The highest BCUT2D eigenvalue weighted by atomic mass is 79.9. The largest absolute Gasteiger partial charge is 0.494 e. The maximum absolute atomic E-state index is 13.9. The van der Waals surface area contributed by atoms with Gasteiger partial charge in [-0.25, -0.2) is 8.42 Å². The molecule has 0 aliphatic heterocycles. The number of amides is 2. The summed E-state index contributed by atoms with van der Waals surface area (Å²) in [6, 6.07) is 21.1. The number of anilines is 1. The molecule has 0 radical (unpaired) electrons. The summed E-state index contributed by atoms with van der Waals surface area (Å²) in [7, 11) is -4.12. The Balaban J connectivity index is 1.99. The van der Waals surface area contributed by atoms with Gasteiger partial charge in [-0.3, -0.25) is 13.9 Å². The van der Waals surface area contributed by atoms with E-state index in [1.54, 1.807) is 49.4 Å². The zero-order valence-corrected chi connectivity index (χ0v) is 25.6. The number of rotatable bonds is 13. The molecule has 10 heteroatoms. The molecule has 0 spiro atoms. The highest BCUT2D eigenvalue weighted by Gasteiger charge is 2.32. The lowest BCUT2D eigenvalue weighted by Crippen LogP contribution is -2.51. The van der Waals surface area contributed by atoms with Crippen LogP contribution in [-0.2, 0) is 26.2 Å². The molecule has 1 atom stereocenters. The molecular formula is C30H36BrN3O5S. The van der Waals surface area contributed by atoms with E-state index in [0.29, 0.717) is 24.6 Å². The van der Waals surface area contributed by atoms with E-state index < -0.39 is 28.5 Å². The van der Waals surface area contributed by atoms with Crippen LogP contribution in [0.2, 0.25) is 0 Å². The number of sulfonamides is 1. The van der Waals surface area contributed by atoms with Crippen LogP contribution in [0.5, 0.6) is 5.75 Å². The van der Waals surface area contributed by atoms with E-state index >= 15 is 0 Å². The van der Waals surface area contributed by atoms with Crippen molar-refractivity contribution in [3.63, 3.8) is 0 Å². The fourth-order valence-electron chi connectivity index (χ4n) is 3.95. The van der Waals surface area contributed by atoms with Crippen molar-refractivity contribution >= 4 is 43.5 Å². The second-order valence-electron chi connectivity index (χ2n) is 9.71. The molecule has 0 aliphatic rings. The number of hydrogen-bond acceptors (Lipinski definition) is 5. The van der Waals surface area contributed by atoms with Crippen molar-refractivity contribution < 1.29 is 22.7 Å².